The van der Waals surface area contributed by atoms with Gasteiger partial charge in [-0.1, -0.05) is 146 Å². The highest BCUT2D eigenvalue weighted by Crippen LogP contribution is 2.32. The van der Waals surface area contributed by atoms with Crippen molar-refractivity contribution in [1.29, 1.82) is 0 Å². The van der Waals surface area contributed by atoms with Crippen LogP contribution in [0.1, 0.15) is 11.1 Å². The smallest absolute Gasteiger partial charge is 0.0866 e. The zero-order chi connectivity index (χ0) is 27.9. The molecule has 1 aromatic heterocycles. The van der Waals surface area contributed by atoms with Crippen LogP contribution in [0.15, 0.2) is 169 Å². The van der Waals surface area contributed by atoms with Gasteiger partial charge in [0.2, 0.25) is 0 Å². The fourth-order valence-corrected chi connectivity index (χ4v) is 4.92. The number of para-hydroxylation sites is 3. The van der Waals surface area contributed by atoms with Crippen LogP contribution in [0.4, 0.5) is 11.4 Å². The summed E-state index contributed by atoms with van der Waals surface area (Å²) in [4.78, 5) is 9.66. The number of anilines is 1. The van der Waals surface area contributed by atoms with Crippen LogP contribution in [0.2, 0.25) is 0 Å². The van der Waals surface area contributed by atoms with Gasteiger partial charge < -0.3 is 5.73 Å². The minimum atomic E-state index is 0.682. The molecule has 0 aliphatic carbocycles. The van der Waals surface area contributed by atoms with E-state index >= 15 is 0 Å². The zero-order valence-corrected chi connectivity index (χ0v) is 22.6. The van der Waals surface area contributed by atoms with Gasteiger partial charge in [0.15, 0.2) is 0 Å². The summed E-state index contributed by atoms with van der Waals surface area (Å²) < 4.78 is 0. The fourth-order valence-electron chi connectivity index (χ4n) is 4.92. The molecule has 0 fully saturated rings. The maximum absolute atomic E-state index is 6.02. The second-order valence-electron chi connectivity index (χ2n) is 9.64. The molecular weight excluding hydrogens is 498 g/mol. The van der Waals surface area contributed by atoms with Crippen LogP contribution in [0.25, 0.3) is 32.9 Å². The average Bonchev–Trinajstić information content (AvgIpc) is 3.05. The van der Waals surface area contributed by atoms with E-state index in [1.54, 1.807) is 0 Å². The van der Waals surface area contributed by atoms with Crippen molar-refractivity contribution in [3.63, 3.8) is 0 Å². The standard InChI is InChI=1S/C19H16N2.C19H13N/c20-17-13-7-8-14-18(17)21-19(15-9-3-1-4-10-15)16-11-5-2-6-12-16;1-2-8-14(9-3-1)19-17-12-5-4-10-15(17)16-11-6-7-13-18(16)20-19/h1-14H,20H2;1-13H. The van der Waals surface area contributed by atoms with Crippen LogP contribution >= 0.6 is 0 Å². The number of fused-ring (bicyclic) bond motifs is 3. The highest BCUT2D eigenvalue weighted by Gasteiger charge is 2.09. The number of pyridine rings is 1. The largest absolute Gasteiger partial charge is 0.397 e. The molecule has 0 aliphatic rings. The van der Waals surface area contributed by atoms with E-state index in [1.165, 1.54) is 16.2 Å². The van der Waals surface area contributed by atoms with Gasteiger partial charge in [-0.25, -0.2) is 9.98 Å². The lowest BCUT2D eigenvalue weighted by atomic mass is 10.0. The van der Waals surface area contributed by atoms with Crippen molar-refractivity contribution in [2.45, 2.75) is 0 Å². The average molecular weight is 528 g/mol. The monoisotopic (exact) mass is 527 g/mol. The number of hydrogen-bond acceptors (Lipinski definition) is 3. The van der Waals surface area contributed by atoms with Gasteiger partial charge in [-0.15, -0.1) is 0 Å². The molecule has 7 rings (SSSR count). The van der Waals surface area contributed by atoms with Crippen LogP contribution < -0.4 is 5.73 Å². The molecular formula is C38H29N3. The molecule has 196 valence electrons. The van der Waals surface area contributed by atoms with E-state index in [0.717, 1.165) is 39.3 Å². The third kappa shape index (κ3) is 5.75. The van der Waals surface area contributed by atoms with E-state index in [2.05, 4.69) is 91.0 Å². The molecule has 1 heterocycles. The predicted molar refractivity (Wildman–Crippen MR) is 174 cm³/mol. The third-order valence-corrected chi connectivity index (χ3v) is 6.92. The Labute approximate surface area is 240 Å². The Morgan fingerprint density at radius 3 is 1.59 bits per heavy atom. The highest BCUT2D eigenvalue weighted by molar-refractivity contribution is 6.14. The summed E-state index contributed by atoms with van der Waals surface area (Å²) in [6, 6.07) is 55.2. The molecule has 7 aromatic rings. The molecule has 0 saturated carbocycles. The molecule has 0 unspecified atom stereocenters. The van der Waals surface area contributed by atoms with E-state index in [-0.39, 0.29) is 0 Å². The minimum absolute atomic E-state index is 0.682. The molecule has 0 amide bonds. The maximum Gasteiger partial charge on any atom is 0.0866 e. The van der Waals surface area contributed by atoms with Crippen molar-refractivity contribution >= 4 is 38.8 Å². The van der Waals surface area contributed by atoms with Crippen molar-refractivity contribution in [1.82, 2.24) is 4.98 Å². The van der Waals surface area contributed by atoms with Gasteiger partial charge in [0.05, 0.1) is 28.3 Å². The lowest BCUT2D eigenvalue weighted by Crippen LogP contribution is -2.03. The molecule has 0 radical (unpaired) electrons. The van der Waals surface area contributed by atoms with Gasteiger partial charge in [-0.2, -0.15) is 0 Å². The lowest BCUT2D eigenvalue weighted by molar-refractivity contribution is 1.43. The highest BCUT2D eigenvalue weighted by atomic mass is 14.8. The first-order valence-corrected chi connectivity index (χ1v) is 13.6. The van der Waals surface area contributed by atoms with Gasteiger partial charge in [-0.05, 0) is 23.6 Å². The van der Waals surface area contributed by atoms with Crippen molar-refractivity contribution in [2.75, 3.05) is 5.73 Å². The number of nitrogens with zero attached hydrogens (tertiary/aromatic N) is 2. The normalized spacial score (nSPS) is 10.5. The molecule has 41 heavy (non-hydrogen) atoms. The molecule has 2 N–H and O–H groups in total. The minimum Gasteiger partial charge on any atom is -0.397 e. The summed E-state index contributed by atoms with van der Waals surface area (Å²) in [6.45, 7) is 0. The SMILES string of the molecule is Nc1ccccc1N=C(c1ccccc1)c1ccccc1.c1ccc(-c2nc3ccccc3c3ccccc23)cc1. The van der Waals surface area contributed by atoms with Gasteiger partial charge in [0, 0.05) is 27.5 Å². The fraction of sp³-hybridized carbons (Fsp3) is 0. The summed E-state index contributed by atoms with van der Waals surface area (Å²) >= 11 is 0. The number of nitrogens with two attached hydrogens (primary N) is 1. The van der Waals surface area contributed by atoms with Gasteiger partial charge in [-0.3, -0.25) is 0 Å². The van der Waals surface area contributed by atoms with E-state index in [0.29, 0.717) is 5.69 Å². The Morgan fingerprint density at radius 2 is 0.951 bits per heavy atom. The molecule has 3 nitrogen and oxygen atoms in total. The Kier molecular flexibility index (Phi) is 7.59. The van der Waals surface area contributed by atoms with Crippen molar-refractivity contribution in [2.24, 2.45) is 4.99 Å². The second kappa shape index (κ2) is 12.1. The van der Waals surface area contributed by atoms with Crippen molar-refractivity contribution in [3.05, 3.63) is 175 Å². The van der Waals surface area contributed by atoms with Gasteiger partial charge in [0.1, 0.15) is 0 Å². The van der Waals surface area contributed by atoms with Crippen molar-refractivity contribution in [3.8, 4) is 11.3 Å². The zero-order valence-electron chi connectivity index (χ0n) is 22.6. The molecule has 0 aliphatic heterocycles. The molecule has 0 atom stereocenters. The summed E-state index contributed by atoms with van der Waals surface area (Å²) in [6.07, 6.45) is 0. The first-order valence-electron chi connectivity index (χ1n) is 13.6. The summed E-state index contributed by atoms with van der Waals surface area (Å²) in [5.41, 5.74) is 13.8. The Hall–Kier alpha value is -5.54. The van der Waals surface area contributed by atoms with Gasteiger partial charge in [0.25, 0.3) is 0 Å². The van der Waals surface area contributed by atoms with Crippen molar-refractivity contribution < 1.29 is 0 Å². The number of aliphatic imine (C=N–C) groups is 1. The third-order valence-electron chi connectivity index (χ3n) is 6.92. The second-order valence-corrected chi connectivity index (χ2v) is 9.64. The van der Waals surface area contributed by atoms with E-state index < -0.39 is 0 Å². The number of aromatic nitrogens is 1. The van der Waals surface area contributed by atoms with E-state index in [9.17, 15) is 0 Å². The van der Waals surface area contributed by atoms with E-state index in [1.807, 2.05) is 72.8 Å². The van der Waals surface area contributed by atoms with Gasteiger partial charge >= 0.3 is 0 Å². The molecule has 0 saturated heterocycles. The number of rotatable bonds is 4. The van der Waals surface area contributed by atoms with Crippen LogP contribution in [0.3, 0.4) is 0 Å². The first-order chi connectivity index (χ1) is 20.3. The van der Waals surface area contributed by atoms with Crippen LogP contribution in [0, 0.1) is 0 Å². The summed E-state index contributed by atoms with van der Waals surface area (Å²) in [5.74, 6) is 0. The molecule has 3 heteroatoms. The topological polar surface area (TPSA) is 51.3 Å². The van der Waals surface area contributed by atoms with Crippen LogP contribution in [-0.2, 0) is 0 Å². The Bertz CT molecular complexity index is 1890. The molecule has 0 bridgehead atoms. The predicted octanol–water partition coefficient (Wildman–Crippen LogP) is 9.49. The van der Waals surface area contributed by atoms with E-state index in [4.69, 9.17) is 15.7 Å². The first kappa shape index (κ1) is 25.7. The quantitative estimate of drug-likeness (QED) is 0.141. The Balaban J connectivity index is 0.000000148. The summed E-state index contributed by atoms with van der Waals surface area (Å²) in [7, 11) is 0. The van der Waals surface area contributed by atoms with Crippen LogP contribution in [-0.4, -0.2) is 10.7 Å². The number of hydrogen-bond donors (Lipinski definition) is 1. The maximum atomic E-state index is 6.02. The number of nitrogen functional groups attached to an aromatic ring is 1. The Morgan fingerprint density at radius 1 is 0.463 bits per heavy atom. The lowest BCUT2D eigenvalue weighted by Gasteiger charge is -2.09. The molecule has 0 spiro atoms. The number of benzene rings is 6. The molecule has 6 aromatic carbocycles. The summed E-state index contributed by atoms with van der Waals surface area (Å²) in [5, 5.41) is 3.68. The van der Waals surface area contributed by atoms with Crippen LogP contribution in [0.5, 0.6) is 0 Å².